The molecular formula is C27H35NO4. The first-order chi connectivity index (χ1) is 15.5. The monoisotopic (exact) mass is 437 g/mol. The first kappa shape index (κ1) is 24.0. The SMILES string of the molecule is CCOC(Cc1ccc(OCCN2CC=C(c3ccccc3C(C)C)CC2)cc1)C(=O)O. The molecule has 0 radical (unpaired) electrons. The highest BCUT2D eigenvalue weighted by Crippen LogP contribution is 2.29. The predicted octanol–water partition coefficient (Wildman–Crippen LogP) is 5.01. The van der Waals surface area contributed by atoms with Crippen molar-refractivity contribution in [2.45, 2.75) is 45.6 Å². The standard InChI is InChI=1S/C27H35NO4/c1-4-31-26(27(29)30)19-21-9-11-23(12-10-21)32-18-17-28-15-13-22(14-16-28)25-8-6-5-7-24(25)20(2)3/h5-13,20,26H,4,14-19H2,1-3H3,(H,29,30). The Labute approximate surface area is 191 Å². The van der Waals surface area contributed by atoms with E-state index in [1.807, 2.05) is 24.3 Å². The fourth-order valence-corrected chi connectivity index (χ4v) is 4.10. The van der Waals surface area contributed by atoms with Crippen LogP contribution in [-0.2, 0) is 16.0 Å². The summed E-state index contributed by atoms with van der Waals surface area (Å²) >= 11 is 0. The lowest BCUT2D eigenvalue weighted by Crippen LogP contribution is -2.32. The number of hydrogen-bond donors (Lipinski definition) is 1. The Kier molecular flexibility index (Phi) is 8.89. The van der Waals surface area contributed by atoms with Crippen LogP contribution in [0, 0.1) is 0 Å². The van der Waals surface area contributed by atoms with Gasteiger partial charge in [0.1, 0.15) is 12.4 Å². The van der Waals surface area contributed by atoms with Crippen LogP contribution in [0.3, 0.4) is 0 Å². The number of nitrogens with zero attached hydrogens (tertiary/aromatic N) is 1. The fourth-order valence-electron chi connectivity index (χ4n) is 4.10. The van der Waals surface area contributed by atoms with E-state index in [1.165, 1.54) is 16.7 Å². The number of carboxylic acid groups (broad SMARTS) is 1. The second-order valence-corrected chi connectivity index (χ2v) is 8.50. The third kappa shape index (κ3) is 6.68. The Hall–Kier alpha value is -2.63. The topological polar surface area (TPSA) is 59.0 Å². The Morgan fingerprint density at radius 2 is 1.88 bits per heavy atom. The second-order valence-electron chi connectivity index (χ2n) is 8.50. The molecule has 2 aromatic rings. The highest BCUT2D eigenvalue weighted by atomic mass is 16.5. The lowest BCUT2D eigenvalue weighted by Gasteiger charge is -2.27. The highest BCUT2D eigenvalue weighted by Gasteiger charge is 2.18. The van der Waals surface area contributed by atoms with E-state index < -0.39 is 12.1 Å². The predicted molar refractivity (Wildman–Crippen MR) is 128 cm³/mol. The van der Waals surface area contributed by atoms with Crippen molar-refractivity contribution in [3.05, 3.63) is 71.3 Å². The van der Waals surface area contributed by atoms with Crippen molar-refractivity contribution >= 4 is 11.5 Å². The van der Waals surface area contributed by atoms with Gasteiger partial charge in [-0.2, -0.15) is 0 Å². The molecule has 1 heterocycles. The Bertz CT molecular complexity index is 904. The number of aliphatic carboxylic acids is 1. The molecule has 0 spiro atoms. The molecular weight excluding hydrogens is 402 g/mol. The summed E-state index contributed by atoms with van der Waals surface area (Å²) in [5.41, 5.74) is 5.20. The first-order valence-electron chi connectivity index (χ1n) is 11.5. The normalized spacial score (nSPS) is 15.4. The van der Waals surface area contributed by atoms with Gasteiger partial charge in [0, 0.05) is 32.7 Å². The van der Waals surface area contributed by atoms with Crippen LogP contribution < -0.4 is 4.74 Å². The molecule has 1 atom stereocenters. The van der Waals surface area contributed by atoms with Gasteiger partial charge in [0.2, 0.25) is 0 Å². The van der Waals surface area contributed by atoms with Gasteiger partial charge in [-0.05, 0) is 53.7 Å². The molecule has 172 valence electrons. The van der Waals surface area contributed by atoms with Crippen molar-refractivity contribution < 1.29 is 19.4 Å². The summed E-state index contributed by atoms with van der Waals surface area (Å²) in [6, 6.07) is 16.4. The van der Waals surface area contributed by atoms with Crippen LogP contribution in [0.25, 0.3) is 5.57 Å². The number of hydrogen-bond acceptors (Lipinski definition) is 4. The van der Waals surface area contributed by atoms with E-state index in [-0.39, 0.29) is 0 Å². The quantitative estimate of drug-likeness (QED) is 0.535. The van der Waals surface area contributed by atoms with Gasteiger partial charge < -0.3 is 14.6 Å². The molecule has 0 amide bonds. The van der Waals surface area contributed by atoms with Crippen molar-refractivity contribution in [1.82, 2.24) is 4.90 Å². The zero-order valence-corrected chi connectivity index (χ0v) is 19.4. The molecule has 1 aliphatic heterocycles. The van der Waals surface area contributed by atoms with Crippen molar-refractivity contribution in [1.29, 1.82) is 0 Å². The van der Waals surface area contributed by atoms with Crippen molar-refractivity contribution in [3.8, 4) is 5.75 Å². The summed E-state index contributed by atoms with van der Waals surface area (Å²) in [5.74, 6) is 0.397. The van der Waals surface area contributed by atoms with E-state index >= 15 is 0 Å². The van der Waals surface area contributed by atoms with Gasteiger partial charge in [0.05, 0.1) is 0 Å². The van der Waals surface area contributed by atoms with Crippen molar-refractivity contribution in [3.63, 3.8) is 0 Å². The third-order valence-corrected chi connectivity index (χ3v) is 5.89. The highest BCUT2D eigenvalue weighted by molar-refractivity contribution is 5.72. The molecule has 5 heteroatoms. The van der Waals surface area contributed by atoms with Crippen molar-refractivity contribution in [2.75, 3.05) is 32.8 Å². The van der Waals surface area contributed by atoms with Crippen LogP contribution in [0.4, 0.5) is 0 Å². The molecule has 5 nitrogen and oxygen atoms in total. The summed E-state index contributed by atoms with van der Waals surface area (Å²) in [7, 11) is 0. The number of rotatable bonds is 11. The van der Waals surface area contributed by atoms with Gasteiger partial charge >= 0.3 is 5.97 Å². The van der Waals surface area contributed by atoms with Gasteiger partial charge in [-0.1, -0.05) is 56.3 Å². The van der Waals surface area contributed by atoms with Crippen LogP contribution in [0.2, 0.25) is 0 Å². The van der Waals surface area contributed by atoms with Gasteiger partial charge in [0.25, 0.3) is 0 Å². The van der Waals surface area contributed by atoms with E-state index in [4.69, 9.17) is 9.47 Å². The van der Waals surface area contributed by atoms with Crippen LogP contribution in [-0.4, -0.2) is 54.9 Å². The molecule has 32 heavy (non-hydrogen) atoms. The van der Waals surface area contributed by atoms with Gasteiger partial charge in [-0.15, -0.1) is 0 Å². The molecule has 1 aliphatic rings. The average molecular weight is 438 g/mol. The molecule has 1 N–H and O–H groups in total. The van der Waals surface area contributed by atoms with E-state index in [0.717, 1.165) is 37.4 Å². The maximum Gasteiger partial charge on any atom is 0.333 e. The van der Waals surface area contributed by atoms with E-state index in [0.29, 0.717) is 25.6 Å². The average Bonchev–Trinajstić information content (AvgIpc) is 2.80. The lowest BCUT2D eigenvalue weighted by atomic mass is 9.90. The van der Waals surface area contributed by atoms with E-state index in [1.54, 1.807) is 6.92 Å². The minimum atomic E-state index is -0.932. The number of benzene rings is 2. The van der Waals surface area contributed by atoms with Crippen LogP contribution in [0.1, 0.15) is 49.8 Å². The minimum absolute atomic E-state index is 0.353. The number of carboxylic acids is 1. The smallest absolute Gasteiger partial charge is 0.333 e. The Morgan fingerprint density at radius 3 is 2.50 bits per heavy atom. The molecule has 0 saturated carbocycles. The molecule has 0 aromatic heterocycles. The van der Waals surface area contributed by atoms with E-state index in [9.17, 15) is 9.90 Å². The molecule has 1 unspecified atom stereocenters. The van der Waals surface area contributed by atoms with Crippen LogP contribution in [0.15, 0.2) is 54.6 Å². The Morgan fingerprint density at radius 1 is 1.12 bits per heavy atom. The molecule has 3 rings (SSSR count). The zero-order chi connectivity index (χ0) is 22.9. The summed E-state index contributed by atoms with van der Waals surface area (Å²) in [6.45, 7) is 10.2. The molecule has 2 aromatic carbocycles. The third-order valence-electron chi connectivity index (χ3n) is 5.89. The second kappa shape index (κ2) is 11.8. The zero-order valence-electron chi connectivity index (χ0n) is 19.4. The summed E-state index contributed by atoms with van der Waals surface area (Å²) in [5, 5.41) is 9.22. The first-order valence-corrected chi connectivity index (χ1v) is 11.5. The summed E-state index contributed by atoms with van der Waals surface area (Å²) < 4.78 is 11.2. The molecule has 0 bridgehead atoms. The largest absolute Gasteiger partial charge is 0.492 e. The number of ether oxygens (including phenoxy) is 2. The molecule has 0 fully saturated rings. The van der Waals surface area contributed by atoms with Gasteiger partial charge in [0.15, 0.2) is 6.10 Å². The maximum absolute atomic E-state index is 11.2. The maximum atomic E-state index is 11.2. The number of carbonyl (C=O) groups is 1. The van der Waals surface area contributed by atoms with Crippen LogP contribution in [0.5, 0.6) is 5.75 Å². The van der Waals surface area contributed by atoms with Crippen molar-refractivity contribution in [2.24, 2.45) is 0 Å². The minimum Gasteiger partial charge on any atom is -0.492 e. The Balaban J connectivity index is 1.46. The van der Waals surface area contributed by atoms with E-state index in [2.05, 4.69) is 49.1 Å². The van der Waals surface area contributed by atoms with Gasteiger partial charge in [-0.25, -0.2) is 4.79 Å². The summed E-state index contributed by atoms with van der Waals surface area (Å²) in [4.78, 5) is 13.7. The fraction of sp³-hybridized carbons (Fsp3) is 0.444. The van der Waals surface area contributed by atoms with Crippen LogP contribution >= 0.6 is 0 Å². The summed E-state index contributed by atoms with van der Waals surface area (Å²) in [6.07, 6.45) is 2.96. The molecule has 0 saturated heterocycles. The van der Waals surface area contributed by atoms with Gasteiger partial charge in [-0.3, -0.25) is 4.90 Å². The lowest BCUT2D eigenvalue weighted by molar-refractivity contribution is -0.149. The molecule has 0 aliphatic carbocycles.